The Morgan fingerprint density at radius 1 is 1.43 bits per heavy atom. The maximum absolute atomic E-state index is 5.75. The smallest absolute Gasteiger partial charge is 0.146 e. The summed E-state index contributed by atoms with van der Waals surface area (Å²) in [6.45, 7) is 1.27. The predicted octanol–water partition coefficient (Wildman–Crippen LogP) is 1.05. The Bertz CT molecular complexity index is 323. The molecule has 2 N–H and O–H groups in total. The van der Waals surface area contributed by atoms with Crippen LogP contribution >= 0.6 is 0 Å². The molecule has 1 heterocycles. The Morgan fingerprint density at radius 3 is 2.79 bits per heavy atom. The fraction of sp³-hybridized carbons (Fsp3) is 0.400. The van der Waals surface area contributed by atoms with Crippen LogP contribution in [-0.4, -0.2) is 26.4 Å². The number of hydrogen-bond donors (Lipinski definition) is 1. The molecule has 0 saturated carbocycles. The monoisotopic (exact) mass is 195 g/mol. The highest BCUT2D eigenvalue weighted by Gasteiger charge is 2.21. The standard InChI is InChI=1S/C10H13NO3/c1-12-7-2-3-9(11)10(4-7)14-8-5-13-6-8/h2-4,8H,5-6,11H2,1H3. The molecule has 4 nitrogen and oxygen atoms in total. The average Bonchev–Trinajstić information content (AvgIpc) is 2.14. The number of anilines is 1. The zero-order chi connectivity index (χ0) is 9.97. The Labute approximate surface area is 82.6 Å². The van der Waals surface area contributed by atoms with Crippen molar-refractivity contribution in [2.75, 3.05) is 26.1 Å². The minimum atomic E-state index is 0.129. The second-order valence-electron chi connectivity index (χ2n) is 3.18. The van der Waals surface area contributed by atoms with Gasteiger partial charge in [0, 0.05) is 6.07 Å². The first-order valence-corrected chi connectivity index (χ1v) is 4.47. The van der Waals surface area contributed by atoms with Crippen LogP contribution < -0.4 is 15.2 Å². The quantitative estimate of drug-likeness (QED) is 0.732. The SMILES string of the molecule is COc1ccc(N)c(OC2COC2)c1. The van der Waals surface area contributed by atoms with Gasteiger partial charge in [-0.2, -0.15) is 0 Å². The first kappa shape index (κ1) is 9.15. The van der Waals surface area contributed by atoms with Gasteiger partial charge < -0.3 is 19.9 Å². The van der Waals surface area contributed by atoms with Crippen molar-refractivity contribution in [2.24, 2.45) is 0 Å². The summed E-state index contributed by atoms with van der Waals surface area (Å²) in [6.07, 6.45) is 0.129. The summed E-state index contributed by atoms with van der Waals surface area (Å²) in [4.78, 5) is 0. The third-order valence-electron chi connectivity index (χ3n) is 2.12. The zero-order valence-electron chi connectivity index (χ0n) is 8.03. The van der Waals surface area contributed by atoms with Gasteiger partial charge in [-0.15, -0.1) is 0 Å². The van der Waals surface area contributed by atoms with Crippen LogP contribution in [0.4, 0.5) is 5.69 Å². The molecule has 76 valence electrons. The van der Waals surface area contributed by atoms with E-state index < -0.39 is 0 Å². The van der Waals surface area contributed by atoms with Gasteiger partial charge in [0.15, 0.2) is 0 Å². The van der Waals surface area contributed by atoms with Crippen molar-refractivity contribution < 1.29 is 14.2 Å². The molecule has 0 aliphatic carbocycles. The van der Waals surface area contributed by atoms with E-state index in [0.29, 0.717) is 24.7 Å². The van der Waals surface area contributed by atoms with Gasteiger partial charge in [0.05, 0.1) is 26.0 Å². The van der Waals surface area contributed by atoms with E-state index in [1.165, 1.54) is 0 Å². The molecule has 0 spiro atoms. The van der Waals surface area contributed by atoms with Crippen LogP contribution in [0.15, 0.2) is 18.2 Å². The molecule has 14 heavy (non-hydrogen) atoms. The van der Waals surface area contributed by atoms with E-state index in [4.69, 9.17) is 19.9 Å². The second kappa shape index (κ2) is 3.75. The first-order chi connectivity index (χ1) is 6.79. The number of benzene rings is 1. The lowest BCUT2D eigenvalue weighted by molar-refractivity contribution is -0.0794. The highest BCUT2D eigenvalue weighted by Crippen LogP contribution is 2.28. The molecule has 1 saturated heterocycles. The molecule has 4 heteroatoms. The van der Waals surface area contributed by atoms with Gasteiger partial charge in [-0.1, -0.05) is 0 Å². The first-order valence-electron chi connectivity index (χ1n) is 4.47. The fourth-order valence-corrected chi connectivity index (χ4v) is 1.21. The second-order valence-corrected chi connectivity index (χ2v) is 3.18. The molecule has 0 atom stereocenters. The maximum Gasteiger partial charge on any atom is 0.146 e. The summed E-state index contributed by atoms with van der Waals surface area (Å²) < 4.78 is 15.7. The highest BCUT2D eigenvalue weighted by atomic mass is 16.6. The molecule has 0 bridgehead atoms. The average molecular weight is 195 g/mol. The molecule has 1 aromatic carbocycles. The van der Waals surface area contributed by atoms with E-state index in [9.17, 15) is 0 Å². The lowest BCUT2D eigenvalue weighted by Crippen LogP contribution is -2.38. The molecule has 1 fully saturated rings. The van der Waals surface area contributed by atoms with Crippen molar-refractivity contribution in [3.63, 3.8) is 0 Å². The molecule has 0 aromatic heterocycles. The third-order valence-corrected chi connectivity index (χ3v) is 2.12. The Hall–Kier alpha value is -1.42. The van der Waals surface area contributed by atoms with E-state index in [1.54, 1.807) is 25.3 Å². The van der Waals surface area contributed by atoms with Crippen LogP contribution in [0.3, 0.4) is 0 Å². The van der Waals surface area contributed by atoms with Crippen molar-refractivity contribution in [3.8, 4) is 11.5 Å². The van der Waals surface area contributed by atoms with Gasteiger partial charge in [-0.25, -0.2) is 0 Å². The summed E-state index contributed by atoms with van der Waals surface area (Å²) in [7, 11) is 1.61. The molecular weight excluding hydrogens is 182 g/mol. The molecule has 0 amide bonds. The van der Waals surface area contributed by atoms with E-state index in [2.05, 4.69) is 0 Å². The summed E-state index contributed by atoms with van der Waals surface area (Å²) in [5.41, 5.74) is 6.37. The molecule has 1 aromatic rings. The van der Waals surface area contributed by atoms with E-state index in [0.717, 1.165) is 5.75 Å². The van der Waals surface area contributed by atoms with Crippen molar-refractivity contribution in [2.45, 2.75) is 6.10 Å². The molecule has 2 rings (SSSR count). The normalized spacial score (nSPS) is 16.1. The minimum Gasteiger partial charge on any atom is -0.497 e. The minimum absolute atomic E-state index is 0.129. The number of nitrogens with two attached hydrogens (primary N) is 1. The number of nitrogen functional groups attached to an aromatic ring is 1. The largest absolute Gasteiger partial charge is 0.497 e. The van der Waals surface area contributed by atoms with Crippen molar-refractivity contribution >= 4 is 5.69 Å². The number of hydrogen-bond acceptors (Lipinski definition) is 4. The van der Waals surface area contributed by atoms with E-state index in [-0.39, 0.29) is 6.10 Å². The highest BCUT2D eigenvalue weighted by molar-refractivity contribution is 5.55. The maximum atomic E-state index is 5.75. The summed E-state index contributed by atoms with van der Waals surface area (Å²) in [5, 5.41) is 0. The third kappa shape index (κ3) is 1.75. The van der Waals surface area contributed by atoms with Crippen LogP contribution in [0, 0.1) is 0 Å². The number of ether oxygens (including phenoxy) is 3. The lowest BCUT2D eigenvalue weighted by Gasteiger charge is -2.27. The molecule has 0 unspecified atom stereocenters. The van der Waals surface area contributed by atoms with Gasteiger partial charge in [0.25, 0.3) is 0 Å². The van der Waals surface area contributed by atoms with E-state index >= 15 is 0 Å². The Morgan fingerprint density at radius 2 is 2.21 bits per heavy atom. The summed E-state index contributed by atoms with van der Waals surface area (Å²) in [6, 6.07) is 5.36. The molecule has 0 radical (unpaired) electrons. The Kier molecular flexibility index (Phi) is 2.45. The summed E-state index contributed by atoms with van der Waals surface area (Å²) in [5.74, 6) is 1.41. The predicted molar refractivity (Wildman–Crippen MR) is 52.6 cm³/mol. The lowest BCUT2D eigenvalue weighted by atomic mass is 10.2. The summed E-state index contributed by atoms with van der Waals surface area (Å²) >= 11 is 0. The number of methoxy groups -OCH3 is 1. The zero-order valence-corrected chi connectivity index (χ0v) is 8.03. The van der Waals surface area contributed by atoms with Crippen LogP contribution in [0.1, 0.15) is 0 Å². The van der Waals surface area contributed by atoms with Crippen molar-refractivity contribution in [1.82, 2.24) is 0 Å². The van der Waals surface area contributed by atoms with Gasteiger partial charge in [-0.3, -0.25) is 0 Å². The van der Waals surface area contributed by atoms with Crippen molar-refractivity contribution in [3.05, 3.63) is 18.2 Å². The van der Waals surface area contributed by atoms with Crippen LogP contribution in [0.5, 0.6) is 11.5 Å². The molecular formula is C10H13NO3. The van der Waals surface area contributed by atoms with Gasteiger partial charge in [0.2, 0.25) is 0 Å². The molecule has 1 aliphatic rings. The van der Waals surface area contributed by atoms with Gasteiger partial charge in [0.1, 0.15) is 17.6 Å². The van der Waals surface area contributed by atoms with Crippen molar-refractivity contribution in [1.29, 1.82) is 0 Å². The topological polar surface area (TPSA) is 53.7 Å². The Balaban J connectivity index is 2.13. The fourth-order valence-electron chi connectivity index (χ4n) is 1.21. The van der Waals surface area contributed by atoms with Crippen LogP contribution in [-0.2, 0) is 4.74 Å². The molecule has 1 aliphatic heterocycles. The van der Waals surface area contributed by atoms with E-state index in [1.807, 2.05) is 0 Å². The number of rotatable bonds is 3. The van der Waals surface area contributed by atoms with Gasteiger partial charge in [-0.05, 0) is 12.1 Å². The van der Waals surface area contributed by atoms with Gasteiger partial charge >= 0.3 is 0 Å². The van der Waals surface area contributed by atoms with Crippen LogP contribution in [0.25, 0.3) is 0 Å². The van der Waals surface area contributed by atoms with Crippen LogP contribution in [0.2, 0.25) is 0 Å².